The summed E-state index contributed by atoms with van der Waals surface area (Å²) < 4.78 is 5.15. The zero-order chi connectivity index (χ0) is 13.1. The summed E-state index contributed by atoms with van der Waals surface area (Å²) in [6.07, 6.45) is 0.700. The number of nitro groups is 1. The van der Waals surface area contributed by atoms with Crippen LogP contribution < -0.4 is 5.32 Å². The molecular weight excluding hydrogens is 240 g/mol. The summed E-state index contributed by atoms with van der Waals surface area (Å²) in [5.74, 6) is -1.19. The van der Waals surface area contributed by atoms with Gasteiger partial charge in [0.05, 0.1) is 23.1 Å². The predicted molar refractivity (Wildman–Crippen MR) is 62.9 cm³/mol. The van der Waals surface area contributed by atoms with Crippen molar-refractivity contribution in [3.63, 3.8) is 0 Å². The van der Waals surface area contributed by atoms with Crippen LogP contribution >= 0.6 is 0 Å². The molecule has 1 aliphatic heterocycles. The second-order valence-corrected chi connectivity index (χ2v) is 3.97. The number of hydrogen-bond donors (Lipinski definition) is 2. The number of carboxylic acids is 1. The SMILES string of the molecule is O=C(O)c1cccc([N+](=O)[O-])c1NC1CCOC1. The molecular formula is C11H12N2O5. The van der Waals surface area contributed by atoms with E-state index in [1.54, 1.807) is 0 Å². The monoisotopic (exact) mass is 252 g/mol. The lowest BCUT2D eigenvalue weighted by molar-refractivity contribution is -0.384. The van der Waals surface area contributed by atoms with E-state index in [2.05, 4.69) is 5.32 Å². The van der Waals surface area contributed by atoms with Gasteiger partial charge in [0.15, 0.2) is 0 Å². The van der Waals surface area contributed by atoms with Crippen LogP contribution in [0.25, 0.3) is 0 Å². The maximum Gasteiger partial charge on any atom is 0.338 e. The first-order chi connectivity index (χ1) is 8.59. The van der Waals surface area contributed by atoms with Crippen molar-refractivity contribution in [1.29, 1.82) is 0 Å². The first-order valence-electron chi connectivity index (χ1n) is 5.44. The minimum Gasteiger partial charge on any atom is -0.478 e. The van der Waals surface area contributed by atoms with Gasteiger partial charge in [-0.05, 0) is 12.5 Å². The lowest BCUT2D eigenvalue weighted by atomic mass is 10.1. The fourth-order valence-electron chi connectivity index (χ4n) is 1.87. The molecule has 1 heterocycles. The van der Waals surface area contributed by atoms with Crippen LogP contribution in [0.4, 0.5) is 11.4 Å². The van der Waals surface area contributed by atoms with Gasteiger partial charge in [0.2, 0.25) is 0 Å². The third-order valence-electron chi connectivity index (χ3n) is 2.75. The van der Waals surface area contributed by atoms with Crippen molar-refractivity contribution < 1.29 is 19.6 Å². The van der Waals surface area contributed by atoms with Crippen LogP contribution in [0.5, 0.6) is 0 Å². The summed E-state index contributed by atoms with van der Waals surface area (Å²) in [4.78, 5) is 21.4. The quantitative estimate of drug-likeness (QED) is 0.621. The average Bonchev–Trinajstić information content (AvgIpc) is 2.81. The first-order valence-corrected chi connectivity index (χ1v) is 5.44. The van der Waals surface area contributed by atoms with Crippen LogP contribution in [0.1, 0.15) is 16.8 Å². The number of nitrogens with zero attached hydrogens (tertiary/aromatic N) is 1. The topological polar surface area (TPSA) is 102 Å². The number of ether oxygens (including phenoxy) is 1. The fourth-order valence-corrected chi connectivity index (χ4v) is 1.87. The van der Waals surface area contributed by atoms with Crippen molar-refractivity contribution in [3.8, 4) is 0 Å². The maximum atomic E-state index is 11.1. The van der Waals surface area contributed by atoms with Crippen molar-refractivity contribution >= 4 is 17.3 Å². The van der Waals surface area contributed by atoms with Crippen LogP contribution in [-0.2, 0) is 4.74 Å². The summed E-state index contributed by atoms with van der Waals surface area (Å²) in [5.41, 5.74) is -0.289. The van der Waals surface area contributed by atoms with Gasteiger partial charge in [-0.25, -0.2) is 4.79 Å². The Bertz CT molecular complexity index is 450. The van der Waals surface area contributed by atoms with Crippen molar-refractivity contribution in [1.82, 2.24) is 0 Å². The molecule has 0 aromatic heterocycles. The van der Waals surface area contributed by atoms with Gasteiger partial charge in [0.25, 0.3) is 5.69 Å². The minimum atomic E-state index is -1.19. The molecule has 0 saturated carbocycles. The molecule has 7 nitrogen and oxygen atoms in total. The Labute approximate surface area is 103 Å². The molecule has 96 valence electrons. The first kappa shape index (κ1) is 12.3. The molecule has 0 aliphatic carbocycles. The van der Waals surface area contributed by atoms with Crippen LogP contribution in [0.2, 0.25) is 0 Å². The smallest absolute Gasteiger partial charge is 0.338 e. The number of hydrogen-bond acceptors (Lipinski definition) is 5. The molecule has 1 aromatic rings. The van der Waals surface area contributed by atoms with E-state index in [4.69, 9.17) is 9.84 Å². The van der Waals surface area contributed by atoms with Gasteiger partial charge >= 0.3 is 5.97 Å². The van der Waals surface area contributed by atoms with Crippen LogP contribution in [0.3, 0.4) is 0 Å². The van der Waals surface area contributed by atoms with Gasteiger partial charge in [-0.3, -0.25) is 10.1 Å². The van der Waals surface area contributed by atoms with Crippen molar-refractivity contribution in [2.45, 2.75) is 12.5 Å². The lowest BCUT2D eigenvalue weighted by Crippen LogP contribution is -2.21. The lowest BCUT2D eigenvalue weighted by Gasteiger charge is -2.14. The number of aromatic carboxylic acids is 1. The number of carboxylic acid groups (broad SMARTS) is 1. The predicted octanol–water partition coefficient (Wildman–Crippen LogP) is 1.49. The van der Waals surface area contributed by atoms with E-state index in [1.165, 1.54) is 18.2 Å². The minimum absolute atomic E-state index is 0.0468. The number of nitrogens with one attached hydrogen (secondary N) is 1. The number of benzene rings is 1. The van der Waals surface area contributed by atoms with Gasteiger partial charge in [0, 0.05) is 12.7 Å². The largest absolute Gasteiger partial charge is 0.478 e. The van der Waals surface area contributed by atoms with E-state index in [1.807, 2.05) is 0 Å². The van der Waals surface area contributed by atoms with Crippen LogP contribution in [0, 0.1) is 10.1 Å². The number of rotatable bonds is 4. The van der Waals surface area contributed by atoms with Crippen molar-refractivity contribution in [2.24, 2.45) is 0 Å². The molecule has 0 bridgehead atoms. The standard InChI is InChI=1S/C11H12N2O5/c14-11(15)8-2-1-3-9(13(16)17)10(8)12-7-4-5-18-6-7/h1-3,7,12H,4-6H2,(H,14,15). The summed E-state index contributed by atoms with van der Waals surface area (Å²) >= 11 is 0. The molecule has 1 saturated heterocycles. The average molecular weight is 252 g/mol. The molecule has 18 heavy (non-hydrogen) atoms. The molecule has 1 aliphatic rings. The highest BCUT2D eigenvalue weighted by molar-refractivity contribution is 5.96. The zero-order valence-electron chi connectivity index (χ0n) is 9.46. The fraction of sp³-hybridized carbons (Fsp3) is 0.364. The second-order valence-electron chi connectivity index (χ2n) is 3.97. The number of para-hydroxylation sites is 1. The second kappa shape index (κ2) is 5.01. The van der Waals surface area contributed by atoms with Gasteiger partial charge in [0.1, 0.15) is 5.69 Å². The Morgan fingerprint density at radius 1 is 1.56 bits per heavy atom. The number of carbonyl (C=O) groups is 1. The third-order valence-corrected chi connectivity index (χ3v) is 2.75. The molecule has 1 aromatic carbocycles. The molecule has 2 N–H and O–H groups in total. The highest BCUT2D eigenvalue weighted by atomic mass is 16.6. The number of nitro benzene ring substituents is 1. The van der Waals surface area contributed by atoms with E-state index in [0.29, 0.717) is 19.6 Å². The molecule has 7 heteroatoms. The summed E-state index contributed by atoms with van der Waals surface area (Å²) in [6.45, 7) is 0.992. The molecule has 1 fully saturated rings. The molecule has 0 amide bonds. The Morgan fingerprint density at radius 3 is 2.89 bits per heavy atom. The van der Waals surface area contributed by atoms with E-state index in [0.717, 1.165) is 0 Å². The van der Waals surface area contributed by atoms with Gasteiger partial charge in [-0.2, -0.15) is 0 Å². The highest BCUT2D eigenvalue weighted by Crippen LogP contribution is 2.30. The zero-order valence-corrected chi connectivity index (χ0v) is 9.46. The third kappa shape index (κ3) is 2.40. The number of anilines is 1. The van der Waals surface area contributed by atoms with E-state index in [9.17, 15) is 14.9 Å². The molecule has 0 spiro atoms. The summed E-state index contributed by atoms with van der Waals surface area (Å²) in [5, 5.41) is 22.9. The molecule has 1 atom stereocenters. The van der Waals surface area contributed by atoms with E-state index < -0.39 is 10.9 Å². The van der Waals surface area contributed by atoms with E-state index in [-0.39, 0.29) is 23.0 Å². The van der Waals surface area contributed by atoms with Gasteiger partial charge in [-0.1, -0.05) is 6.07 Å². The van der Waals surface area contributed by atoms with Crippen molar-refractivity contribution in [2.75, 3.05) is 18.5 Å². The van der Waals surface area contributed by atoms with Gasteiger partial charge in [-0.15, -0.1) is 0 Å². The Kier molecular flexibility index (Phi) is 3.42. The van der Waals surface area contributed by atoms with Crippen LogP contribution in [-0.4, -0.2) is 35.3 Å². The summed E-state index contributed by atoms with van der Waals surface area (Å²) in [6, 6.07) is 3.89. The van der Waals surface area contributed by atoms with Crippen LogP contribution in [0.15, 0.2) is 18.2 Å². The van der Waals surface area contributed by atoms with E-state index >= 15 is 0 Å². The highest BCUT2D eigenvalue weighted by Gasteiger charge is 2.25. The molecule has 0 radical (unpaired) electrons. The molecule has 1 unspecified atom stereocenters. The Balaban J connectivity index is 2.39. The van der Waals surface area contributed by atoms with Crippen molar-refractivity contribution in [3.05, 3.63) is 33.9 Å². The Morgan fingerprint density at radius 2 is 2.33 bits per heavy atom. The Hall–Kier alpha value is -2.15. The molecule has 2 rings (SSSR count). The normalized spacial score (nSPS) is 18.6. The van der Waals surface area contributed by atoms with Gasteiger partial charge < -0.3 is 15.2 Å². The summed E-state index contributed by atoms with van der Waals surface area (Å²) in [7, 11) is 0. The maximum absolute atomic E-state index is 11.1.